The molecule has 0 radical (unpaired) electrons. The number of carbonyl (C=O) groups is 1. The van der Waals surface area contributed by atoms with Crippen molar-refractivity contribution >= 4 is 15.9 Å². The third-order valence-electron chi connectivity index (χ3n) is 1.40. The summed E-state index contributed by atoms with van der Waals surface area (Å²) in [6, 6.07) is 0. The average molecular weight is 208 g/mol. The van der Waals surface area contributed by atoms with Crippen molar-refractivity contribution in [3.05, 3.63) is 0 Å². The topological polar surface area (TPSA) is 89.3 Å². The van der Waals surface area contributed by atoms with E-state index in [2.05, 4.69) is 0 Å². The van der Waals surface area contributed by atoms with Gasteiger partial charge in [-0.05, 0) is 13.0 Å². The molecule has 0 bridgehead atoms. The molecule has 0 atom stereocenters. The van der Waals surface area contributed by atoms with Crippen LogP contribution >= 0.6 is 0 Å². The Kier molecular flexibility index (Phi) is 4.94. The lowest BCUT2D eigenvalue weighted by Crippen LogP contribution is -2.35. The molecule has 13 heavy (non-hydrogen) atoms. The van der Waals surface area contributed by atoms with Gasteiger partial charge in [0.1, 0.15) is 0 Å². The summed E-state index contributed by atoms with van der Waals surface area (Å²) < 4.78 is 24.2. The van der Waals surface area contributed by atoms with E-state index < -0.39 is 15.9 Å². The molecule has 0 saturated carbocycles. The maximum atomic E-state index is 11.1. The van der Waals surface area contributed by atoms with E-state index in [1.165, 1.54) is 0 Å². The molecule has 0 aliphatic carbocycles. The molecule has 0 aromatic carbocycles. The second-order valence-electron chi connectivity index (χ2n) is 3.08. The average Bonchev–Trinajstić information content (AvgIpc) is 2.00. The molecule has 1 amide bonds. The molecule has 5 nitrogen and oxygen atoms in total. The predicted molar refractivity (Wildman–Crippen MR) is 50.4 cm³/mol. The van der Waals surface area contributed by atoms with Crippen molar-refractivity contribution in [3.63, 3.8) is 0 Å². The molecule has 0 rings (SSSR count). The molecule has 0 aliphatic heterocycles. The van der Waals surface area contributed by atoms with Crippen LogP contribution < -0.4 is 10.5 Å². The molecule has 0 fully saturated rings. The zero-order valence-corrected chi connectivity index (χ0v) is 8.73. The van der Waals surface area contributed by atoms with Gasteiger partial charge in [0.15, 0.2) is 0 Å². The fraction of sp³-hybridized carbons (Fsp3) is 0.857. The molecule has 0 spiro atoms. The highest BCUT2D eigenvalue weighted by molar-refractivity contribution is 7.90. The van der Waals surface area contributed by atoms with Gasteiger partial charge in [0, 0.05) is 5.92 Å². The molecule has 3 N–H and O–H groups in total. The summed E-state index contributed by atoms with van der Waals surface area (Å²) in [6.07, 6.45) is 0.362. The first-order valence-corrected chi connectivity index (χ1v) is 5.78. The lowest BCUT2D eigenvalue weighted by Gasteiger charge is -2.07. The zero-order chi connectivity index (χ0) is 10.5. The van der Waals surface area contributed by atoms with Crippen molar-refractivity contribution < 1.29 is 13.2 Å². The van der Waals surface area contributed by atoms with Gasteiger partial charge >= 0.3 is 0 Å². The number of amides is 1. The minimum absolute atomic E-state index is 0.0953. The second kappa shape index (κ2) is 5.18. The standard InChI is InChI=1S/C7H16N2O3S/c1-6(2)7(10)9-13(11,12)5-3-4-8/h6H,3-5,8H2,1-2H3,(H,9,10). The first-order chi connectivity index (χ1) is 5.89. The zero-order valence-electron chi connectivity index (χ0n) is 7.91. The lowest BCUT2D eigenvalue weighted by atomic mass is 10.2. The largest absolute Gasteiger partial charge is 0.330 e. The van der Waals surface area contributed by atoms with E-state index >= 15 is 0 Å². The minimum atomic E-state index is -3.47. The van der Waals surface area contributed by atoms with Crippen molar-refractivity contribution in [1.29, 1.82) is 0 Å². The van der Waals surface area contributed by atoms with Crippen LogP contribution in [0.1, 0.15) is 20.3 Å². The van der Waals surface area contributed by atoms with Crippen molar-refractivity contribution in [3.8, 4) is 0 Å². The Labute approximate surface area is 78.7 Å². The summed E-state index contributed by atoms with van der Waals surface area (Å²) in [5.74, 6) is -0.897. The third kappa shape index (κ3) is 5.59. The quantitative estimate of drug-likeness (QED) is 0.633. The van der Waals surface area contributed by atoms with Crippen LogP contribution in [0.3, 0.4) is 0 Å². The molecular formula is C7H16N2O3S. The summed E-state index contributed by atoms with van der Waals surface area (Å²) in [7, 11) is -3.47. The van der Waals surface area contributed by atoms with Gasteiger partial charge in [-0.1, -0.05) is 13.8 Å². The van der Waals surface area contributed by atoms with Crippen molar-refractivity contribution in [2.45, 2.75) is 20.3 Å². The van der Waals surface area contributed by atoms with Gasteiger partial charge in [-0.15, -0.1) is 0 Å². The summed E-state index contributed by atoms with van der Waals surface area (Å²) in [6.45, 7) is 3.57. The monoisotopic (exact) mass is 208 g/mol. The molecule has 0 aliphatic rings. The lowest BCUT2D eigenvalue weighted by molar-refractivity contribution is -0.122. The number of rotatable bonds is 5. The Bertz CT molecular complexity index is 259. The van der Waals surface area contributed by atoms with E-state index in [0.29, 0.717) is 13.0 Å². The van der Waals surface area contributed by atoms with Crippen molar-refractivity contribution in [1.82, 2.24) is 4.72 Å². The van der Waals surface area contributed by atoms with Crippen LogP contribution in [0.5, 0.6) is 0 Å². The van der Waals surface area contributed by atoms with Crippen LogP contribution in [-0.4, -0.2) is 26.6 Å². The molecule has 0 unspecified atom stereocenters. The van der Waals surface area contributed by atoms with Crippen LogP contribution in [0.2, 0.25) is 0 Å². The van der Waals surface area contributed by atoms with Crippen molar-refractivity contribution in [2.75, 3.05) is 12.3 Å². The molecule has 0 heterocycles. The second-order valence-corrected chi connectivity index (χ2v) is 4.92. The van der Waals surface area contributed by atoms with Gasteiger partial charge < -0.3 is 5.73 Å². The van der Waals surface area contributed by atoms with Gasteiger partial charge in [0.05, 0.1) is 5.75 Å². The van der Waals surface area contributed by atoms with E-state index in [-0.39, 0.29) is 11.7 Å². The highest BCUT2D eigenvalue weighted by Gasteiger charge is 2.15. The van der Waals surface area contributed by atoms with Crippen LogP contribution in [0.25, 0.3) is 0 Å². The van der Waals surface area contributed by atoms with Gasteiger partial charge in [0.25, 0.3) is 0 Å². The Morgan fingerprint density at radius 3 is 2.38 bits per heavy atom. The third-order valence-corrected chi connectivity index (χ3v) is 2.74. The Hall–Kier alpha value is -0.620. The fourth-order valence-corrected chi connectivity index (χ4v) is 1.79. The van der Waals surface area contributed by atoms with Gasteiger partial charge in [0.2, 0.25) is 15.9 Å². The molecular weight excluding hydrogens is 192 g/mol. The maximum Gasteiger partial charge on any atom is 0.235 e. The number of hydrogen-bond acceptors (Lipinski definition) is 4. The van der Waals surface area contributed by atoms with Crippen molar-refractivity contribution in [2.24, 2.45) is 11.7 Å². The predicted octanol–water partition coefficient (Wildman–Crippen LogP) is -0.563. The minimum Gasteiger partial charge on any atom is -0.330 e. The van der Waals surface area contributed by atoms with Crippen LogP contribution in [-0.2, 0) is 14.8 Å². The first-order valence-electron chi connectivity index (χ1n) is 4.13. The molecule has 0 aromatic heterocycles. The summed E-state index contributed by atoms with van der Waals surface area (Å²) in [5.41, 5.74) is 5.15. The van der Waals surface area contributed by atoms with E-state index in [1.807, 2.05) is 4.72 Å². The number of nitrogens with two attached hydrogens (primary N) is 1. The van der Waals surface area contributed by atoms with E-state index in [4.69, 9.17) is 5.73 Å². The highest BCUT2D eigenvalue weighted by atomic mass is 32.2. The molecule has 78 valence electrons. The number of carbonyl (C=O) groups excluding carboxylic acids is 1. The van der Waals surface area contributed by atoms with Crippen LogP contribution in [0.15, 0.2) is 0 Å². The maximum absolute atomic E-state index is 11.1. The van der Waals surface area contributed by atoms with Gasteiger partial charge in [-0.3, -0.25) is 9.52 Å². The van der Waals surface area contributed by atoms with E-state index in [1.54, 1.807) is 13.8 Å². The van der Waals surface area contributed by atoms with Gasteiger partial charge in [-0.2, -0.15) is 0 Å². The van der Waals surface area contributed by atoms with E-state index in [9.17, 15) is 13.2 Å². The molecule has 0 saturated heterocycles. The highest BCUT2D eigenvalue weighted by Crippen LogP contribution is 1.94. The van der Waals surface area contributed by atoms with Gasteiger partial charge in [-0.25, -0.2) is 8.42 Å². The Morgan fingerprint density at radius 1 is 1.46 bits per heavy atom. The number of sulfonamides is 1. The van der Waals surface area contributed by atoms with Crippen LogP contribution in [0.4, 0.5) is 0 Å². The summed E-state index contributed by atoms with van der Waals surface area (Å²) in [5, 5.41) is 0. The number of nitrogens with one attached hydrogen (secondary N) is 1. The summed E-state index contributed by atoms with van der Waals surface area (Å²) in [4.78, 5) is 11.0. The Morgan fingerprint density at radius 2 is 2.00 bits per heavy atom. The first kappa shape index (κ1) is 12.4. The van der Waals surface area contributed by atoms with Crippen LogP contribution in [0, 0.1) is 5.92 Å². The molecule has 6 heteroatoms. The number of hydrogen-bond donors (Lipinski definition) is 2. The fourth-order valence-electron chi connectivity index (χ4n) is 0.595. The smallest absolute Gasteiger partial charge is 0.235 e. The normalized spacial score (nSPS) is 11.7. The summed E-state index contributed by atoms with van der Waals surface area (Å²) >= 11 is 0. The Balaban J connectivity index is 4.11. The molecule has 0 aromatic rings. The SMILES string of the molecule is CC(C)C(=O)NS(=O)(=O)CCCN. The van der Waals surface area contributed by atoms with E-state index in [0.717, 1.165) is 0 Å².